The quantitative estimate of drug-likeness (QED) is 0.0868. The number of anilines is 1. The van der Waals surface area contributed by atoms with Gasteiger partial charge in [-0.1, -0.05) is 127 Å². The number of nitrogens with zero attached hydrogens (tertiary/aromatic N) is 8. The molecule has 5 amide bonds. The molecule has 10 rings (SSSR count). The van der Waals surface area contributed by atoms with E-state index in [0.29, 0.717) is 93.3 Å². The fourth-order valence-corrected chi connectivity index (χ4v) is 11.7. The van der Waals surface area contributed by atoms with Crippen molar-refractivity contribution < 1.29 is 37.9 Å². The number of aromatic amines is 1. The van der Waals surface area contributed by atoms with Crippen molar-refractivity contribution in [3.8, 4) is 11.1 Å². The first-order chi connectivity index (χ1) is 44.5. The lowest BCUT2D eigenvalue weighted by Gasteiger charge is -2.39. The molecule has 0 bridgehead atoms. The number of piperidine rings is 1. The van der Waals surface area contributed by atoms with E-state index in [-0.39, 0.29) is 53.2 Å². The number of benzene rings is 5. The van der Waals surface area contributed by atoms with Gasteiger partial charge in [-0.15, -0.1) is 0 Å². The van der Waals surface area contributed by atoms with Gasteiger partial charge in [0.1, 0.15) is 18.0 Å². The van der Waals surface area contributed by atoms with Gasteiger partial charge in [0.15, 0.2) is 11.5 Å². The lowest BCUT2D eigenvalue weighted by Crippen LogP contribution is -2.53. The van der Waals surface area contributed by atoms with Crippen LogP contribution in [0.25, 0.3) is 21.9 Å². The lowest BCUT2D eigenvalue weighted by atomic mass is 9.96. The van der Waals surface area contributed by atoms with Gasteiger partial charge in [-0.2, -0.15) is 5.10 Å². The monoisotopic (exact) mass is 1260 g/mol. The topological polar surface area (TPSA) is 202 Å². The molecule has 0 radical (unpaired) electrons. The van der Waals surface area contributed by atoms with Crippen molar-refractivity contribution in [2.45, 2.75) is 100 Å². The van der Waals surface area contributed by atoms with E-state index < -0.39 is 29.3 Å². The lowest BCUT2D eigenvalue weighted by molar-refractivity contribution is -0.134. The van der Waals surface area contributed by atoms with Crippen LogP contribution in [0.2, 0.25) is 0 Å². The molecular formula is C74H89FN10O8. The Balaban J connectivity index is 0.000000707. The Bertz CT molecular complexity index is 3840. The van der Waals surface area contributed by atoms with Crippen LogP contribution in [0, 0.1) is 32.5 Å². The Morgan fingerprint density at radius 2 is 1.31 bits per heavy atom. The summed E-state index contributed by atoms with van der Waals surface area (Å²) in [5.41, 5.74) is 7.90. The summed E-state index contributed by atoms with van der Waals surface area (Å²) in [4.78, 5) is 107. The number of likely N-dealkylation sites (tertiary alicyclic amines) is 1. The van der Waals surface area contributed by atoms with Crippen LogP contribution in [-0.4, -0.2) is 171 Å². The normalized spacial score (nSPS) is 14.8. The van der Waals surface area contributed by atoms with E-state index in [0.717, 1.165) is 66.7 Å². The Morgan fingerprint density at radius 3 is 1.94 bits per heavy atom. The van der Waals surface area contributed by atoms with Crippen molar-refractivity contribution in [1.29, 1.82) is 0 Å². The predicted octanol–water partition coefficient (Wildman–Crippen LogP) is 10.9. The summed E-state index contributed by atoms with van der Waals surface area (Å²) in [6.45, 7) is 23.1. The number of hydrogen-bond acceptors (Lipinski definition) is 12. The Labute approximate surface area is 545 Å². The van der Waals surface area contributed by atoms with Crippen molar-refractivity contribution in [2.24, 2.45) is 5.92 Å². The molecule has 93 heavy (non-hydrogen) atoms. The Kier molecular flexibility index (Phi) is 24.6. The molecule has 0 saturated carbocycles. The number of piperazine rings is 2. The molecule has 3 saturated heterocycles. The predicted molar refractivity (Wildman–Crippen MR) is 362 cm³/mol. The molecule has 2 aromatic heterocycles. The summed E-state index contributed by atoms with van der Waals surface area (Å²) in [5, 5.41) is 10.9. The van der Waals surface area contributed by atoms with Gasteiger partial charge < -0.3 is 24.8 Å². The minimum Gasteiger partial charge on any atom is -0.444 e. The zero-order chi connectivity index (χ0) is 66.8. The number of fused-ring (bicyclic) bond motifs is 1. The summed E-state index contributed by atoms with van der Waals surface area (Å²) < 4.78 is 20.9. The van der Waals surface area contributed by atoms with E-state index in [1.165, 1.54) is 35.1 Å². The van der Waals surface area contributed by atoms with E-state index in [1.54, 1.807) is 78.1 Å². The van der Waals surface area contributed by atoms with Gasteiger partial charge >= 0.3 is 6.09 Å². The maximum atomic E-state index is 15.2. The summed E-state index contributed by atoms with van der Waals surface area (Å²) in [6.07, 6.45) is 7.30. The molecule has 0 spiro atoms. The van der Waals surface area contributed by atoms with Crippen LogP contribution in [0.3, 0.4) is 0 Å². The second-order valence-corrected chi connectivity index (χ2v) is 25.3. The zero-order valence-electron chi connectivity index (χ0n) is 55.3. The summed E-state index contributed by atoms with van der Waals surface area (Å²) in [5.74, 6) is -1.27. The maximum absolute atomic E-state index is 15.2. The Hall–Kier alpha value is -9.20. The van der Waals surface area contributed by atoms with E-state index in [4.69, 9.17) is 9.72 Å². The van der Waals surface area contributed by atoms with E-state index in [9.17, 15) is 33.6 Å². The number of amides is 5. The van der Waals surface area contributed by atoms with Crippen LogP contribution >= 0.6 is 0 Å². The molecule has 19 heteroatoms. The SMILES string of the molecule is C/C=C/C(C)=O.CCc1cccc(-c2cnc(C(=O)N3CCN(CC4CCN(CC(=O)N5CCN(C(=O)c6cc(Cc7n[nH]c(=O)c8ccccc78)ccc6F)CC5)CC4)CC3)c(NC(=O)CN(Cc3cccc(C)c3)C(=O)OC(C)(C)C)c2)c1.Cc1cccc(C)c1. The number of hydrogen-bond donors (Lipinski definition) is 2. The number of pyridine rings is 1. The van der Waals surface area contributed by atoms with Crippen LogP contribution in [0.15, 0.2) is 144 Å². The van der Waals surface area contributed by atoms with Gasteiger partial charge in [-0.25, -0.2) is 19.3 Å². The van der Waals surface area contributed by atoms with Gasteiger partial charge in [0, 0.05) is 89.0 Å². The molecule has 3 aliphatic rings. The van der Waals surface area contributed by atoms with Gasteiger partial charge in [0.05, 0.1) is 28.9 Å². The summed E-state index contributed by atoms with van der Waals surface area (Å²) in [6, 6.07) is 37.6. The Morgan fingerprint density at radius 1 is 0.688 bits per heavy atom. The molecule has 0 aliphatic carbocycles. The number of allylic oxidation sites excluding steroid dienone is 2. The average Bonchev–Trinajstić information content (AvgIpc) is 0.849. The first-order valence-corrected chi connectivity index (χ1v) is 32.2. The third-order valence-electron chi connectivity index (χ3n) is 16.6. The molecular weight excluding hydrogens is 1180 g/mol. The van der Waals surface area contributed by atoms with Crippen molar-refractivity contribution in [1.82, 2.24) is 44.6 Å². The van der Waals surface area contributed by atoms with Crippen LogP contribution < -0.4 is 10.9 Å². The van der Waals surface area contributed by atoms with Gasteiger partial charge in [-0.3, -0.25) is 43.5 Å². The highest BCUT2D eigenvalue weighted by Crippen LogP contribution is 2.28. The van der Waals surface area contributed by atoms with Gasteiger partial charge in [0.25, 0.3) is 17.4 Å². The number of carbonyl (C=O) groups excluding carboxylic acids is 6. The largest absolute Gasteiger partial charge is 0.444 e. The highest BCUT2D eigenvalue weighted by atomic mass is 19.1. The second-order valence-electron chi connectivity index (χ2n) is 25.3. The third kappa shape index (κ3) is 20.4. The number of carbonyl (C=O) groups is 6. The molecule has 2 N–H and O–H groups in total. The molecule has 7 aromatic rings. The number of H-pyrrole nitrogens is 1. The second kappa shape index (κ2) is 32.9. The summed E-state index contributed by atoms with van der Waals surface area (Å²) >= 11 is 0. The van der Waals surface area contributed by atoms with Crippen molar-refractivity contribution in [3.05, 3.63) is 206 Å². The highest BCUT2D eigenvalue weighted by Gasteiger charge is 2.32. The minimum absolute atomic E-state index is 0.0126. The van der Waals surface area contributed by atoms with Crippen LogP contribution in [0.4, 0.5) is 14.9 Å². The molecule has 0 unspecified atom stereocenters. The number of halogens is 1. The van der Waals surface area contributed by atoms with E-state index >= 15 is 4.39 Å². The highest BCUT2D eigenvalue weighted by molar-refractivity contribution is 6.04. The fourth-order valence-electron chi connectivity index (χ4n) is 11.7. The molecule has 5 heterocycles. The van der Waals surface area contributed by atoms with Gasteiger partial charge in [-0.05, 0) is 146 Å². The number of rotatable bonds is 16. The third-order valence-corrected chi connectivity index (χ3v) is 16.6. The minimum atomic E-state index is -0.785. The fraction of sp³-hybridized carbons (Fsp3) is 0.392. The van der Waals surface area contributed by atoms with Gasteiger partial charge in [0.2, 0.25) is 11.8 Å². The number of nitrogens with one attached hydrogen (secondary N) is 2. The summed E-state index contributed by atoms with van der Waals surface area (Å²) in [7, 11) is 0. The smallest absolute Gasteiger partial charge is 0.411 e. The van der Waals surface area contributed by atoms with Crippen molar-refractivity contribution >= 4 is 52.0 Å². The average molecular weight is 1270 g/mol. The molecule has 3 aliphatic heterocycles. The number of aryl methyl sites for hydroxylation is 4. The molecule has 3 fully saturated rings. The number of aromatic nitrogens is 3. The number of ether oxygens (including phenoxy) is 1. The van der Waals surface area contributed by atoms with Crippen molar-refractivity contribution in [3.63, 3.8) is 0 Å². The molecule has 5 aromatic carbocycles. The standard InChI is InChI=1S/C61H71FN10O7.C8H10.C5H8O/c1-6-42-12-10-14-46(32-42)47-35-53(64-54(73)39-72(60(78)79-61(3,4)5)38-45-13-9-11-41(2)31-45)56(63-36-47)59(77)71-25-23-68(24-26-71)37-43-19-21-67(22-20-43)40-55(74)69-27-29-70(30-28-69)58(76)50-33-44(17-18-51(50)62)34-52-48-15-7-8-16-49(48)57(75)66-65-52;1-7-4-3-5-8(2)6-7;1-3-4-5(2)6/h7-18,31-33,35-36,43H,6,19-30,34,37-40H2,1-5H3,(H,64,73)(H,66,75);3-6H,1-2H3;3-4H,1-2H3/b;;4-3+. The van der Waals surface area contributed by atoms with E-state index in [2.05, 4.69) is 82.5 Å². The first-order valence-electron chi connectivity index (χ1n) is 32.2. The molecule has 18 nitrogen and oxygen atoms in total. The zero-order valence-corrected chi connectivity index (χ0v) is 55.3. The first kappa shape index (κ1) is 69.7. The maximum Gasteiger partial charge on any atom is 0.411 e. The molecule has 490 valence electrons. The van der Waals surface area contributed by atoms with Crippen LogP contribution in [0.1, 0.15) is 114 Å². The molecule has 0 atom stereocenters. The van der Waals surface area contributed by atoms with E-state index in [1.807, 2.05) is 62.4 Å². The van der Waals surface area contributed by atoms with Crippen LogP contribution in [0.5, 0.6) is 0 Å². The van der Waals surface area contributed by atoms with Crippen LogP contribution in [-0.2, 0) is 38.5 Å². The number of ketones is 1. The van der Waals surface area contributed by atoms with Crippen molar-refractivity contribution in [2.75, 3.05) is 90.4 Å².